The SMILES string of the molecule is COc1cccc(C(=O)NC(C)c2nnc3n2CCN(Cc2ccc(N(C)C)cc2)CC3)c1. The molecule has 4 rings (SSSR count). The molecule has 1 aromatic heterocycles. The van der Waals surface area contributed by atoms with Crippen LogP contribution in [0, 0.1) is 0 Å². The molecule has 1 N–H and O–H groups in total. The molecule has 8 heteroatoms. The quantitative estimate of drug-likeness (QED) is 0.599. The maximum Gasteiger partial charge on any atom is 0.251 e. The average Bonchev–Trinajstić information content (AvgIpc) is 3.14. The van der Waals surface area contributed by atoms with Crippen molar-refractivity contribution in [1.82, 2.24) is 25.0 Å². The van der Waals surface area contributed by atoms with Gasteiger partial charge in [-0.25, -0.2) is 0 Å². The van der Waals surface area contributed by atoms with Crippen molar-refractivity contribution >= 4 is 11.6 Å². The van der Waals surface area contributed by atoms with E-state index in [0.29, 0.717) is 11.3 Å². The number of carbonyl (C=O) groups excluding carboxylic acids is 1. The third-order valence-electron chi connectivity index (χ3n) is 6.07. The van der Waals surface area contributed by atoms with E-state index in [1.54, 1.807) is 19.2 Å². The zero-order valence-electron chi connectivity index (χ0n) is 19.8. The van der Waals surface area contributed by atoms with Crippen LogP contribution in [0.15, 0.2) is 48.5 Å². The normalized spacial score (nSPS) is 14.8. The smallest absolute Gasteiger partial charge is 0.251 e. The maximum absolute atomic E-state index is 12.7. The van der Waals surface area contributed by atoms with Crippen LogP contribution in [0.4, 0.5) is 5.69 Å². The number of benzene rings is 2. The summed E-state index contributed by atoms with van der Waals surface area (Å²) < 4.78 is 7.38. The Morgan fingerprint density at radius 3 is 2.64 bits per heavy atom. The molecule has 2 heterocycles. The van der Waals surface area contributed by atoms with Gasteiger partial charge in [0.05, 0.1) is 13.2 Å². The second kappa shape index (κ2) is 10.0. The number of ether oxygens (including phenoxy) is 1. The summed E-state index contributed by atoms with van der Waals surface area (Å²) in [5, 5.41) is 11.9. The lowest BCUT2D eigenvalue weighted by molar-refractivity contribution is 0.0937. The van der Waals surface area contributed by atoms with E-state index in [0.717, 1.165) is 44.2 Å². The number of hydrogen-bond acceptors (Lipinski definition) is 6. The van der Waals surface area contributed by atoms with Crippen LogP contribution in [-0.4, -0.2) is 59.9 Å². The first-order valence-electron chi connectivity index (χ1n) is 11.3. The monoisotopic (exact) mass is 448 g/mol. The summed E-state index contributed by atoms with van der Waals surface area (Å²) in [4.78, 5) is 17.3. The Morgan fingerprint density at radius 2 is 1.91 bits per heavy atom. The average molecular weight is 449 g/mol. The number of carbonyl (C=O) groups is 1. The molecule has 1 aliphatic rings. The van der Waals surface area contributed by atoms with Crippen LogP contribution in [0.25, 0.3) is 0 Å². The van der Waals surface area contributed by atoms with E-state index in [2.05, 4.69) is 68.2 Å². The van der Waals surface area contributed by atoms with E-state index in [9.17, 15) is 4.79 Å². The molecule has 0 saturated carbocycles. The van der Waals surface area contributed by atoms with Crippen LogP contribution in [0.5, 0.6) is 5.75 Å². The van der Waals surface area contributed by atoms with Crippen molar-refractivity contribution in [3.8, 4) is 5.75 Å². The fourth-order valence-electron chi connectivity index (χ4n) is 4.13. The van der Waals surface area contributed by atoms with Gasteiger partial charge in [-0.1, -0.05) is 18.2 Å². The first-order chi connectivity index (χ1) is 15.9. The summed E-state index contributed by atoms with van der Waals surface area (Å²) in [5.41, 5.74) is 3.07. The molecule has 1 aliphatic heterocycles. The molecule has 0 spiro atoms. The maximum atomic E-state index is 12.7. The molecule has 0 fully saturated rings. The van der Waals surface area contributed by atoms with Crippen LogP contribution in [0.2, 0.25) is 0 Å². The minimum Gasteiger partial charge on any atom is -0.497 e. The molecule has 1 amide bonds. The molecule has 1 atom stereocenters. The van der Waals surface area contributed by atoms with Gasteiger partial charge in [0.1, 0.15) is 11.6 Å². The van der Waals surface area contributed by atoms with Crippen molar-refractivity contribution in [2.75, 3.05) is 39.2 Å². The van der Waals surface area contributed by atoms with Gasteiger partial charge in [0, 0.05) is 57.9 Å². The third-order valence-corrected chi connectivity index (χ3v) is 6.07. The second-order valence-corrected chi connectivity index (χ2v) is 8.64. The predicted octanol–water partition coefficient (Wildman–Crippen LogP) is 2.90. The summed E-state index contributed by atoms with van der Waals surface area (Å²) in [6, 6.07) is 15.6. The number of amides is 1. The Balaban J connectivity index is 1.39. The van der Waals surface area contributed by atoms with Crippen molar-refractivity contribution in [1.29, 1.82) is 0 Å². The van der Waals surface area contributed by atoms with Crippen LogP contribution >= 0.6 is 0 Å². The molecular formula is C25H32N6O2. The molecule has 0 aliphatic carbocycles. The van der Waals surface area contributed by atoms with Crippen molar-refractivity contribution < 1.29 is 9.53 Å². The summed E-state index contributed by atoms with van der Waals surface area (Å²) in [7, 11) is 5.70. The van der Waals surface area contributed by atoms with Gasteiger partial charge in [-0.3, -0.25) is 9.69 Å². The molecule has 0 saturated heterocycles. The molecule has 174 valence electrons. The zero-order chi connectivity index (χ0) is 23.4. The Hall–Kier alpha value is -3.39. The topological polar surface area (TPSA) is 75.5 Å². The fraction of sp³-hybridized carbons (Fsp3) is 0.400. The molecule has 1 unspecified atom stereocenters. The Kier molecular flexibility index (Phi) is 6.93. The second-order valence-electron chi connectivity index (χ2n) is 8.64. The highest BCUT2D eigenvalue weighted by Gasteiger charge is 2.23. The lowest BCUT2D eigenvalue weighted by Crippen LogP contribution is -2.30. The summed E-state index contributed by atoms with van der Waals surface area (Å²) in [6.45, 7) is 5.49. The Bertz CT molecular complexity index is 1090. The minimum atomic E-state index is -0.255. The van der Waals surface area contributed by atoms with Crippen LogP contribution in [0.1, 0.15) is 40.5 Å². The van der Waals surface area contributed by atoms with E-state index < -0.39 is 0 Å². The van der Waals surface area contributed by atoms with Crippen LogP contribution in [0.3, 0.4) is 0 Å². The highest BCUT2D eigenvalue weighted by Crippen LogP contribution is 2.19. The zero-order valence-corrected chi connectivity index (χ0v) is 19.8. The number of nitrogens with one attached hydrogen (secondary N) is 1. The van der Waals surface area contributed by atoms with E-state index >= 15 is 0 Å². The number of aromatic nitrogens is 3. The van der Waals surface area contributed by atoms with E-state index in [-0.39, 0.29) is 11.9 Å². The summed E-state index contributed by atoms with van der Waals surface area (Å²) in [6.07, 6.45) is 0.833. The predicted molar refractivity (Wildman–Crippen MR) is 129 cm³/mol. The van der Waals surface area contributed by atoms with Crippen LogP contribution in [-0.2, 0) is 19.5 Å². The van der Waals surface area contributed by atoms with Crippen molar-refractivity contribution in [2.45, 2.75) is 32.5 Å². The summed E-state index contributed by atoms with van der Waals surface area (Å²) in [5.74, 6) is 2.26. The van der Waals surface area contributed by atoms with Gasteiger partial charge in [0.2, 0.25) is 0 Å². The van der Waals surface area contributed by atoms with Gasteiger partial charge in [0.15, 0.2) is 5.82 Å². The molecular weight excluding hydrogens is 416 g/mol. The molecule has 2 aromatic carbocycles. The fourth-order valence-corrected chi connectivity index (χ4v) is 4.13. The van der Waals surface area contributed by atoms with E-state index in [1.165, 1.54) is 11.3 Å². The van der Waals surface area contributed by atoms with Gasteiger partial charge in [-0.2, -0.15) is 0 Å². The lowest BCUT2D eigenvalue weighted by Gasteiger charge is -2.21. The molecule has 8 nitrogen and oxygen atoms in total. The lowest BCUT2D eigenvalue weighted by atomic mass is 10.2. The number of nitrogens with zero attached hydrogens (tertiary/aromatic N) is 5. The van der Waals surface area contributed by atoms with Crippen molar-refractivity contribution in [3.05, 3.63) is 71.3 Å². The number of anilines is 1. The van der Waals surface area contributed by atoms with Gasteiger partial charge >= 0.3 is 0 Å². The molecule has 0 bridgehead atoms. The van der Waals surface area contributed by atoms with Crippen molar-refractivity contribution in [3.63, 3.8) is 0 Å². The van der Waals surface area contributed by atoms with E-state index in [4.69, 9.17) is 4.74 Å². The Morgan fingerprint density at radius 1 is 1.12 bits per heavy atom. The first-order valence-corrected chi connectivity index (χ1v) is 11.3. The highest BCUT2D eigenvalue weighted by molar-refractivity contribution is 5.94. The van der Waals surface area contributed by atoms with E-state index in [1.807, 2.05) is 19.1 Å². The minimum absolute atomic E-state index is 0.157. The number of hydrogen-bond donors (Lipinski definition) is 1. The number of rotatable bonds is 7. The number of methoxy groups -OCH3 is 1. The van der Waals surface area contributed by atoms with Gasteiger partial charge in [-0.05, 0) is 42.8 Å². The van der Waals surface area contributed by atoms with Crippen molar-refractivity contribution in [2.24, 2.45) is 0 Å². The first kappa shape index (κ1) is 22.8. The Labute approximate surface area is 195 Å². The molecule has 3 aromatic rings. The third kappa shape index (κ3) is 5.34. The van der Waals surface area contributed by atoms with Gasteiger partial charge < -0.3 is 19.5 Å². The standard InChI is InChI=1S/C25H32N6O2/c1-18(26-25(32)20-6-5-7-22(16-20)33-4)24-28-27-23-12-13-30(14-15-31(23)24)17-19-8-10-21(11-9-19)29(2)3/h5-11,16,18H,12-15,17H2,1-4H3,(H,26,32). The molecule has 0 radical (unpaired) electrons. The summed E-state index contributed by atoms with van der Waals surface area (Å²) >= 11 is 0. The molecule has 33 heavy (non-hydrogen) atoms. The van der Waals surface area contributed by atoms with Gasteiger partial charge in [0.25, 0.3) is 5.91 Å². The highest BCUT2D eigenvalue weighted by atomic mass is 16.5. The largest absolute Gasteiger partial charge is 0.497 e. The van der Waals surface area contributed by atoms with Crippen LogP contribution < -0.4 is 15.0 Å². The number of fused-ring (bicyclic) bond motifs is 1. The van der Waals surface area contributed by atoms with Gasteiger partial charge in [-0.15, -0.1) is 10.2 Å².